The molecule has 0 bridgehead atoms. The van der Waals surface area contributed by atoms with Gasteiger partial charge in [-0.2, -0.15) is 5.10 Å². The van der Waals surface area contributed by atoms with Crippen LogP contribution < -0.4 is 5.32 Å². The van der Waals surface area contributed by atoms with Crippen molar-refractivity contribution >= 4 is 0 Å². The van der Waals surface area contributed by atoms with Gasteiger partial charge in [-0.15, -0.1) is 5.10 Å². The second-order valence-corrected chi connectivity index (χ2v) is 7.12. The van der Waals surface area contributed by atoms with Crippen LogP contribution in [0.5, 0.6) is 0 Å². The molecule has 24 heavy (non-hydrogen) atoms. The summed E-state index contributed by atoms with van der Waals surface area (Å²) in [7, 11) is 0. The number of rotatable bonds is 5. The molecule has 0 spiro atoms. The lowest BCUT2D eigenvalue weighted by molar-refractivity contribution is 0.331. The summed E-state index contributed by atoms with van der Waals surface area (Å²) in [5, 5.41) is 16.7. The Morgan fingerprint density at radius 3 is 2.79 bits per heavy atom. The molecule has 7 heteroatoms. The van der Waals surface area contributed by atoms with Crippen molar-refractivity contribution in [3.63, 3.8) is 0 Å². The summed E-state index contributed by atoms with van der Waals surface area (Å²) >= 11 is 0. The van der Waals surface area contributed by atoms with Crippen molar-refractivity contribution in [2.24, 2.45) is 0 Å². The quantitative estimate of drug-likeness (QED) is 0.912. The molecule has 2 fully saturated rings. The largest absolute Gasteiger partial charge is 0.314 e. The zero-order valence-corrected chi connectivity index (χ0v) is 14.3. The van der Waals surface area contributed by atoms with Gasteiger partial charge in [0.2, 0.25) is 0 Å². The fourth-order valence-electron chi connectivity index (χ4n) is 3.99. The minimum atomic E-state index is 0.466. The van der Waals surface area contributed by atoms with Crippen LogP contribution in [0, 0.1) is 0 Å². The second-order valence-electron chi connectivity index (χ2n) is 7.12. The van der Waals surface area contributed by atoms with Crippen LogP contribution in [-0.4, -0.2) is 42.3 Å². The normalized spacial score (nSPS) is 22.8. The van der Waals surface area contributed by atoms with Crippen molar-refractivity contribution in [2.75, 3.05) is 6.54 Å². The lowest BCUT2D eigenvalue weighted by Gasteiger charge is -2.23. The van der Waals surface area contributed by atoms with Gasteiger partial charge in [0.1, 0.15) is 12.0 Å². The van der Waals surface area contributed by atoms with Gasteiger partial charge in [0.15, 0.2) is 5.82 Å². The van der Waals surface area contributed by atoms with E-state index < -0.39 is 0 Å². The third-order valence-corrected chi connectivity index (χ3v) is 5.38. The molecule has 0 unspecified atom stereocenters. The standard InChI is InChI=1S/C17H27N7/c1-2-7-15(8-3-1)24-17(19-13-20-24)16-12-23(22-21-16)11-9-14-6-4-5-10-18-14/h12-15,18H,1-11H2/t14-/m1/s1. The molecule has 1 aliphatic carbocycles. The first-order valence-electron chi connectivity index (χ1n) is 9.43. The van der Waals surface area contributed by atoms with E-state index in [9.17, 15) is 0 Å². The molecule has 0 amide bonds. The zero-order chi connectivity index (χ0) is 16.2. The summed E-state index contributed by atoms with van der Waals surface area (Å²) in [6.07, 6.45) is 15.0. The third-order valence-electron chi connectivity index (χ3n) is 5.38. The van der Waals surface area contributed by atoms with E-state index in [2.05, 4.69) is 30.4 Å². The Labute approximate surface area is 142 Å². The summed E-state index contributed by atoms with van der Waals surface area (Å²) in [6, 6.07) is 1.09. The molecule has 0 radical (unpaired) electrons. The van der Waals surface area contributed by atoms with Crippen molar-refractivity contribution in [1.82, 2.24) is 35.1 Å². The van der Waals surface area contributed by atoms with Crippen LogP contribution >= 0.6 is 0 Å². The predicted octanol–water partition coefficient (Wildman–Crippen LogP) is 2.57. The maximum absolute atomic E-state index is 4.46. The Morgan fingerprint density at radius 1 is 1.08 bits per heavy atom. The van der Waals surface area contributed by atoms with Crippen molar-refractivity contribution in [1.29, 1.82) is 0 Å². The molecular weight excluding hydrogens is 302 g/mol. The zero-order valence-electron chi connectivity index (χ0n) is 14.3. The Hall–Kier alpha value is -1.76. The molecule has 2 aromatic heterocycles. The van der Waals surface area contributed by atoms with Crippen LogP contribution in [0.25, 0.3) is 11.5 Å². The van der Waals surface area contributed by atoms with Gasteiger partial charge in [0.05, 0.1) is 12.2 Å². The van der Waals surface area contributed by atoms with Crippen molar-refractivity contribution in [3.05, 3.63) is 12.5 Å². The average Bonchev–Trinajstić information content (AvgIpc) is 3.31. The van der Waals surface area contributed by atoms with Gasteiger partial charge in [-0.1, -0.05) is 30.9 Å². The monoisotopic (exact) mass is 329 g/mol. The first kappa shape index (κ1) is 15.7. The molecule has 1 N–H and O–H groups in total. The Bertz CT molecular complexity index is 635. The molecule has 130 valence electrons. The molecule has 2 aromatic rings. The lowest BCUT2D eigenvalue weighted by atomic mass is 9.95. The van der Waals surface area contributed by atoms with Crippen LogP contribution in [0.15, 0.2) is 12.5 Å². The molecule has 7 nitrogen and oxygen atoms in total. The highest BCUT2D eigenvalue weighted by atomic mass is 15.4. The fourth-order valence-corrected chi connectivity index (χ4v) is 3.99. The van der Waals surface area contributed by atoms with Gasteiger partial charge in [-0.25, -0.2) is 9.67 Å². The van der Waals surface area contributed by atoms with E-state index in [0.29, 0.717) is 12.1 Å². The fraction of sp³-hybridized carbons (Fsp3) is 0.765. The molecule has 1 saturated heterocycles. The SMILES string of the molecule is c1nc(-c2cn(CC[C@H]3CCCCN3)nn2)n(C2CCCCC2)n1. The van der Waals surface area contributed by atoms with Crippen molar-refractivity contribution in [3.8, 4) is 11.5 Å². The topological polar surface area (TPSA) is 73.5 Å². The minimum Gasteiger partial charge on any atom is -0.314 e. The van der Waals surface area contributed by atoms with Crippen LogP contribution in [0.4, 0.5) is 0 Å². The van der Waals surface area contributed by atoms with Crippen LogP contribution in [0.2, 0.25) is 0 Å². The van der Waals surface area contributed by atoms with E-state index in [1.807, 2.05) is 10.9 Å². The van der Waals surface area contributed by atoms with E-state index in [4.69, 9.17) is 0 Å². The van der Waals surface area contributed by atoms with Gasteiger partial charge < -0.3 is 5.32 Å². The Morgan fingerprint density at radius 2 is 1.96 bits per heavy atom. The second kappa shape index (κ2) is 7.42. The van der Waals surface area contributed by atoms with E-state index >= 15 is 0 Å². The van der Waals surface area contributed by atoms with E-state index in [1.54, 1.807) is 6.33 Å². The van der Waals surface area contributed by atoms with Gasteiger partial charge in [0, 0.05) is 12.6 Å². The molecule has 4 rings (SSSR count). The number of hydrogen-bond donors (Lipinski definition) is 1. The summed E-state index contributed by atoms with van der Waals surface area (Å²) in [5.74, 6) is 0.865. The average molecular weight is 329 g/mol. The maximum Gasteiger partial charge on any atom is 0.180 e. The summed E-state index contributed by atoms with van der Waals surface area (Å²) in [5.41, 5.74) is 0.842. The molecule has 2 aliphatic rings. The lowest BCUT2D eigenvalue weighted by Crippen LogP contribution is -2.34. The predicted molar refractivity (Wildman–Crippen MR) is 91.4 cm³/mol. The van der Waals surface area contributed by atoms with Crippen molar-refractivity contribution in [2.45, 2.75) is 76.4 Å². The molecule has 1 saturated carbocycles. The van der Waals surface area contributed by atoms with E-state index in [1.165, 1.54) is 51.4 Å². The van der Waals surface area contributed by atoms with Crippen LogP contribution in [0.3, 0.4) is 0 Å². The number of piperidine rings is 1. The molecule has 1 atom stereocenters. The van der Waals surface area contributed by atoms with Crippen molar-refractivity contribution < 1.29 is 0 Å². The number of nitrogens with one attached hydrogen (secondary N) is 1. The first-order valence-corrected chi connectivity index (χ1v) is 9.43. The number of hydrogen-bond acceptors (Lipinski definition) is 5. The smallest absolute Gasteiger partial charge is 0.180 e. The minimum absolute atomic E-state index is 0.466. The highest BCUT2D eigenvalue weighted by Crippen LogP contribution is 2.30. The van der Waals surface area contributed by atoms with Gasteiger partial charge in [0.25, 0.3) is 0 Å². The maximum atomic E-state index is 4.46. The molecule has 0 aromatic carbocycles. The van der Waals surface area contributed by atoms with Gasteiger partial charge in [-0.3, -0.25) is 4.68 Å². The number of aromatic nitrogens is 6. The van der Waals surface area contributed by atoms with Gasteiger partial charge >= 0.3 is 0 Å². The van der Waals surface area contributed by atoms with Crippen LogP contribution in [0.1, 0.15) is 63.8 Å². The van der Waals surface area contributed by atoms with E-state index in [0.717, 1.165) is 31.0 Å². The highest BCUT2D eigenvalue weighted by molar-refractivity contribution is 5.46. The number of nitrogens with zero attached hydrogens (tertiary/aromatic N) is 6. The highest BCUT2D eigenvalue weighted by Gasteiger charge is 2.21. The summed E-state index contributed by atoms with van der Waals surface area (Å²) < 4.78 is 4.02. The van der Waals surface area contributed by atoms with Gasteiger partial charge in [-0.05, 0) is 38.6 Å². The molecular formula is C17H27N7. The Balaban J connectivity index is 1.42. The molecule has 3 heterocycles. The van der Waals surface area contributed by atoms with Crippen LogP contribution in [-0.2, 0) is 6.54 Å². The first-order chi connectivity index (χ1) is 11.9. The summed E-state index contributed by atoms with van der Waals surface area (Å²) in [4.78, 5) is 4.45. The van der Waals surface area contributed by atoms with E-state index in [-0.39, 0.29) is 0 Å². The molecule has 1 aliphatic heterocycles. The summed E-state index contributed by atoms with van der Waals surface area (Å²) in [6.45, 7) is 2.06. The number of aryl methyl sites for hydroxylation is 1. The third kappa shape index (κ3) is 3.50. The Kier molecular flexibility index (Phi) is 4.87.